The standard InChI is InChI=1S/C52H94N/c1-4-7-10-13-16-19-22-25-28-31-34-37-43-48-53(51-52-46-41-40-42-47-52,49-44-38-35-32-29-26-23-20-17-14-11-8-5-2)50-45-39-36-33-30-27-24-21-18-15-12-9-6-3/h4-9,40-42,46-47H,10-39,43-45,48-51H2,1-3H3/q+1/b7-4+,8-5+,9-6+. The summed E-state index contributed by atoms with van der Waals surface area (Å²) in [5.41, 5.74) is 1.56. The molecule has 0 spiro atoms. The van der Waals surface area contributed by atoms with E-state index in [4.69, 9.17) is 0 Å². The van der Waals surface area contributed by atoms with Crippen molar-refractivity contribution in [2.45, 2.75) is 239 Å². The minimum absolute atomic E-state index is 1.25. The number of unbranched alkanes of at least 4 members (excludes halogenated alkanes) is 30. The molecule has 0 radical (unpaired) electrons. The van der Waals surface area contributed by atoms with Gasteiger partial charge in [-0.05, 0) is 97.8 Å². The van der Waals surface area contributed by atoms with Gasteiger partial charge in [0.05, 0.1) is 19.6 Å². The molecule has 306 valence electrons. The molecule has 0 aliphatic rings. The van der Waals surface area contributed by atoms with E-state index in [1.165, 1.54) is 243 Å². The quantitative estimate of drug-likeness (QED) is 0.0357. The second-order valence-electron chi connectivity index (χ2n) is 16.8. The molecule has 0 aromatic heterocycles. The summed E-state index contributed by atoms with van der Waals surface area (Å²) < 4.78 is 1.34. The third kappa shape index (κ3) is 33.5. The molecule has 0 fully saturated rings. The van der Waals surface area contributed by atoms with Crippen molar-refractivity contribution in [1.29, 1.82) is 0 Å². The lowest BCUT2D eigenvalue weighted by atomic mass is 10.0. The summed E-state index contributed by atoms with van der Waals surface area (Å²) >= 11 is 0. The first-order valence-corrected chi connectivity index (χ1v) is 24.0. The van der Waals surface area contributed by atoms with Crippen LogP contribution in [0.1, 0.15) is 238 Å². The van der Waals surface area contributed by atoms with Crippen LogP contribution in [0, 0.1) is 0 Å². The van der Waals surface area contributed by atoms with Gasteiger partial charge < -0.3 is 4.48 Å². The Morgan fingerprint density at radius 2 is 0.566 bits per heavy atom. The number of hydrogen-bond acceptors (Lipinski definition) is 0. The van der Waals surface area contributed by atoms with Crippen LogP contribution in [-0.2, 0) is 6.54 Å². The van der Waals surface area contributed by atoms with Gasteiger partial charge in [-0.3, -0.25) is 0 Å². The number of nitrogens with zero attached hydrogens (tertiary/aromatic N) is 1. The predicted molar refractivity (Wildman–Crippen MR) is 242 cm³/mol. The van der Waals surface area contributed by atoms with Crippen LogP contribution in [0.4, 0.5) is 0 Å². The molecule has 0 saturated heterocycles. The van der Waals surface area contributed by atoms with Gasteiger partial charge in [-0.1, -0.05) is 202 Å². The van der Waals surface area contributed by atoms with Gasteiger partial charge in [0.15, 0.2) is 0 Å². The molecule has 0 heterocycles. The van der Waals surface area contributed by atoms with E-state index in [1.54, 1.807) is 5.56 Å². The van der Waals surface area contributed by atoms with Crippen LogP contribution in [0.15, 0.2) is 66.8 Å². The zero-order chi connectivity index (χ0) is 38.0. The Bertz CT molecular complexity index is 837. The molecule has 0 aliphatic carbocycles. The highest BCUT2D eigenvalue weighted by molar-refractivity contribution is 5.13. The Morgan fingerprint density at radius 1 is 0.321 bits per heavy atom. The molecule has 1 nitrogen and oxygen atoms in total. The maximum atomic E-state index is 2.41. The van der Waals surface area contributed by atoms with E-state index in [0.29, 0.717) is 0 Å². The average molecular weight is 733 g/mol. The topological polar surface area (TPSA) is 0 Å². The molecule has 0 atom stereocenters. The maximum absolute atomic E-state index is 2.41. The summed E-state index contributed by atoms with van der Waals surface area (Å²) in [6.07, 6.45) is 60.3. The Hall–Kier alpha value is -1.60. The third-order valence-corrected chi connectivity index (χ3v) is 11.8. The van der Waals surface area contributed by atoms with Gasteiger partial charge in [-0.15, -0.1) is 0 Å². The minimum atomic E-state index is 1.25. The van der Waals surface area contributed by atoms with E-state index in [9.17, 15) is 0 Å². The van der Waals surface area contributed by atoms with Crippen LogP contribution < -0.4 is 0 Å². The number of benzene rings is 1. The number of hydrogen-bond donors (Lipinski definition) is 0. The smallest absolute Gasteiger partial charge is 0.104 e. The van der Waals surface area contributed by atoms with Gasteiger partial charge >= 0.3 is 0 Å². The van der Waals surface area contributed by atoms with Crippen LogP contribution in [0.2, 0.25) is 0 Å². The summed E-state index contributed by atoms with van der Waals surface area (Å²) in [7, 11) is 0. The summed E-state index contributed by atoms with van der Waals surface area (Å²) in [5, 5.41) is 0. The molecule has 1 aromatic carbocycles. The second kappa shape index (κ2) is 40.1. The van der Waals surface area contributed by atoms with Crippen LogP contribution >= 0.6 is 0 Å². The van der Waals surface area contributed by atoms with E-state index in [-0.39, 0.29) is 0 Å². The lowest BCUT2D eigenvalue weighted by Gasteiger charge is -2.39. The highest BCUT2D eigenvalue weighted by Gasteiger charge is 2.26. The van der Waals surface area contributed by atoms with E-state index in [1.807, 2.05) is 0 Å². The predicted octanol–water partition coefficient (Wildman–Crippen LogP) is 17.6. The third-order valence-electron chi connectivity index (χ3n) is 11.8. The van der Waals surface area contributed by atoms with Gasteiger partial charge in [-0.2, -0.15) is 0 Å². The van der Waals surface area contributed by atoms with E-state index in [2.05, 4.69) is 87.6 Å². The molecular weight excluding hydrogens is 639 g/mol. The largest absolute Gasteiger partial charge is 0.320 e. The fraction of sp³-hybridized carbons (Fsp3) is 0.769. The fourth-order valence-electron chi connectivity index (χ4n) is 8.41. The highest BCUT2D eigenvalue weighted by Crippen LogP contribution is 2.23. The van der Waals surface area contributed by atoms with Gasteiger partial charge in [0, 0.05) is 5.56 Å². The molecule has 1 heteroatoms. The molecule has 0 N–H and O–H groups in total. The van der Waals surface area contributed by atoms with Crippen molar-refractivity contribution in [3.63, 3.8) is 0 Å². The van der Waals surface area contributed by atoms with Crippen molar-refractivity contribution in [3.8, 4) is 0 Å². The lowest BCUT2D eigenvalue weighted by Crippen LogP contribution is -2.49. The van der Waals surface area contributed by atoms with Crippen molar-refractivity contribution >= 4 is 0 Å². The fourth-order valence-corrected chi connectivity index (χ4v) is 8.41. The number of rotatable bonds is 41. The summed E-state index contributed by atoms with van der Waals surface area (Å²) in [6, 6.07) is 11.6. The summed E-state index contributed by atoms with van der Waals surface area (Å²) in [4.78, 5) is 0. The first-order chi connectivity index (χ1) is 26.3. The van der Waals surface area contributed by atoms with E-state index in [0.717, 1.165) is 0 Å². The molecule has 0 bridgehead atoms. The summed E-state index contributed by atoms with van der Waals surface area (Å²) in [5.74, 6) is 0. The molecule has 0 amide bonds. The highest BCUT2D eigenvalue weighted by atomic mass is 15.3. The Balaban J connectivity index is 2.52. The van der Waals surface area contributed by atoms with Crippen LogP contribution in [0.25, 0.3) is 0 Å². The Morgan fingerprint density at radius 3 is 0.830 bits per heavy atom. The van der Waals surface area contributed by atoms with Gasteiger partial charge in [-0.25, -0.2) is 0 Å². The van der Waals surface area contributed by atoms with Crippen LogP contribution in [-0.4, -0.2) is 24.1 Å². The lowest BCUT2D eigenvalue weighted by molar-refractivity contribution is -0.941. The maximum Gasteiger partial charge on any atom is 0.104 e. The SMILES string of the molecule is C/C=C/CCCCCCCCCCCC[N+](CCCCCCCCCCCC/C=C/C)(CCCCCCCCCCCC/C=C/C)Cc1ccccc1. The number of allylic oxidation sites excluding steroid dienone is 6. The number of quaternary nitrogens is 1. The zero-order valence-corrected chi connectivity index (χ0v) is 36.5. The van der Waals surface area contributed by atoms with Crippen molar-refractivity contribution in [2.75, 3.05) is 19.6 Å². The molecule has 0 aliphatic heterocycles. The van der Waals surface area contributed by atoms with Gasteiger partial charge in [0.1, 0.15) is 6.54 Å². The monoisotopic (exact) mass is 733 g/mol. The van der Waals surface area contributed by atoms with Crippen molar-refractivity contribution in [1.82, 2.24) is 0 Å². The molecule has 0 unspecified atom stereocenters. The van der Waals surface area contributed by atoms with E-state index < -0.39 is 0 Å². The zero-order valence-electron chi connectivity index (χ0n) is 36.5. The van der Waals surface area contributed by atoms with Crippen molar-refractivity contribution < 1.29 is 4.48 Å². The van der Waals surface area contributed by atoms with E-state index >= 15 is 0 Å². The molecular formula is C52H94N+. The van der Waals surface area contributed by atoms with Crippen LogP contribution in [0.5, 0.6) is 0 Å². The Labute approximate surface area is 334 Å². The minimum Gasteiger partial charge on any atom is -0.320 e. The first-order valence-electron chi connectivity index (χ1n) is 24.0. The molecule has 1 aromatic rings. The normalized spacial score (nSPS) is 12.4. The first kappa shape index (κ1) is 49.4. The summed E-state index contributed by atoms with van der Waals surface area (Å²) in [6.45, 7) is 11.8. The molecule has 1 rings (SSSR count). The van der Waals surface area contributed by atoms with Crippen molar-refractivity contribution in [2.24, 2.45) is 0 Å². The molecule has 53 heavy (non-hydrogen) atoms. The average Bonchev–Trinajstić information content (AvgIpc) is 3.17. The second-order valence-corrected chi connectivity index (χ2v) is 16.8. The van der Waals surface area contributed by atoms with Gasteiger partial charge in [0.25, 0.3) is 0 Å². The van der Waals surface area contributed by atoms with Crippen LogP contribution in [0.3, 0.4) is 0 Å². The Kier molecular flexibility index (Phi) is 37.4. The van der Waals surface area contributed by atoms with Gasteiger partial charge in [0.2, 0.25) is 0 Å². The van der Waals surface area contributed by atoms with Crippen molar-refractivity contribution in [3.05, 3.63) is 72.4 Å². The molecule has 0 saturated carbocycles.